The van der Waals surface area contributed by atoms with Crippen LogP contribution in [0.15, 0.2) is 0 Å². The summed E-state index contributed by atoms with van der Waals surface area (Å²) in [5.74, 6) is 0. The number of hydrogen-bond donors (Lipinski definition) is 3. The van der Waals surface area contributed by atoms with Gasteiger partial charge in [0, 0.05) is 19.7 Å². The maximum atomic E-state index is 10.1. The van der Waals surface area contributed by atoms with Crippen LogP contribution in [0.4, 0.5) is 5.69 Å². The lowest BCUT2D eigenvalue weighted by Gasteiger charge is -2.23. The molecule has 1 heterocycles. The van der Waals surface area contributed by atoms with E-state index in [1.54, 1.807) is 4.68 Å². The fourth-order valence-corrected chi connectivity index (χ4v) is 2.12. The second-order valence-electron chi connectivity index (χ2n) is 4.89. The summed E-state index contributed by atoms with van der Waals surface area (Å²) < 4.78 is 1.76. The summed E-state index contributed by atoms with van der Waals surface area (Å²) in [6.07, 6.45) is 0.240. The highest BCUT2D eigenvalue weighted by Gasteiger charge is 2.14. The van der Waals surface area contributed by atoms with Crippen LogP contribution in [-0.4, -0.2) is 57.2 Å². The zero-order chi connectivity index (χ0) is 14.4. The zero-order valence-electron chi connectivity index (χ0n) is 12.1. The molecule has 0 radical (unpaired) electrons. The van der Waals surface area contributed by atoms with Crippen molar-refractivity contribution in [2.24, 2.45) is 0 Å². The molecule has 1 aromatic heterocycles. The Kier molecular flexibility index (Phi) is 6.27. The Bertz CT molecular complexity index is 392. The highest BCUT2D eigenvalue weighted by molar-refractivity contribution is 5.46. The Labute approximate surface area is 114 Å². The van der Waals surface area contributed by atoms with Crippen LogP contribution in [0.1, 0.15) is 24.7 Å². The first-order valence-corrected chi connectivity index (χ1v) is 6.80. The molecule has 4 N–H and O–H groups in total. The van der Waals surface area contributed by atoms with Crippen molar-refractivity contribution in [3.63, 3.8) is 0 Å². The first-order valence-electron chi connectivity index (χ1n) is 6.80. The molecular weight excluding hydrogens is 244 g/mol. The Morgan fingerprint density at radius 3 is 2.58 bits per heavy atom. The minimum atomic E-state index is -0.490. The van der Waals surface area contributed by atoms with Gasteiger partial charge in [-0.3, -0.25) is 4.68 Å². The Hall–Kier alpha value is -1.11. The van der Waals surface area contributed by atoms with Crippen molar-refractivity contribution in [1.29, 1.82) is 0 Å². The maximum Gasteiger partial charge on any atom is 0.0862 e. The van der Waals surface area contributed by atoms with E-state index in [0.717, 1.165) is 30.9 Å². The topological polar surface area (TPSA) is 87.5 Å². The van der Waals surface area contributed by atoms with Gasteiger partial charge in [0.05, 0.1) is 29.7 Å². The van der Waals surface area contributed by atoms with Gasteiger partial charge in [0.1, 0.15) is 0 Å². The molecule has 0 fully saturated rings. The molecule has 110 valence electrons. The molecule has 0 spiro atoms. The first-order chi connectivity index (χ1) is 8.99. The summed E-state index contributed by atoms with van der Waals surface area (Å²) in [7, 11) is 0. The van der Waals surface area contributed by atoms with E-state index in [4.69, 9.17) is 10.8 Å². The van der Waals surface area contributed by atoms with Crippen molar-refractivity contribution < 1.29 is 10.2 Å². The Balaban J connectivity index is 2.53. The molecule has 1 rings (SSSR count). The van der Waals surface area contributed by atoms with E-state index in [-0.39, 0.29) is 6.61 Å². The van der Waals surface area contributed by atoms with Crippen LogP contribution in [0.2, 0.25) is 0 Å². The van der Waals surface area contributed by atoms with Crippen molar-refractivity contribution in [3.8, 4) is 0 Å². The second kappa shape index (κ2) is 7.47. The summed E-state index contributed by atoms with van der Waals surface area (Å²) in [5.41, 5.74) is 8.26. The molecule has 0 amide bonds. The van der Waals surface area contributed by atoms with Gasteiger partial charge in [-0.25, -0.2) is 0 Å². The average Bonchev–Trinajstić information content (AvgIpc) is 2.62. The highest BCUT2D eigenvalue weighted by atomic mass is 16.3. The van der Waals surface area contributed by atoms with Crippen molar-refractivity contribution >= 4 is 5.69 Å². The standard InChI is InChI=1S/C13H26N4O2/c1-4-16(6-5-7-18)8-12(19)9-17-11(3)13(14)10(2)15-17/h12,18-19H,4-9,14H2,1-3H3. The minimum absolute atomic E-state index is 0.181. The number of aromatic nitrogens is 2. The molecule has 0 aliphatic heterocycles. The van der Waals surface area contributed by atoms with E-state index < -0.39 is 6.10 Å². The molecule has 0 aliphatic rings. The quantitative estimate of drug-likeness (QED) is 0.626. The number of aliphatic hydroxyl groups is 2. The van der Waals surface area contributed by atoms with Gasteiger partial charge in [0.2, 0.25) is 0 Å². The molecule has 1 atom stereocenters. The smallest absolute Gasteiger partial charge is 0.0862 e. The van der Waals surface area contributed by atoms with Crippen molar-refractivity contribution in [2.45, 2.75) is 39.8 Å². The maximum absolute atomic E-state index is 10.1. The van der Waals surface area contributed by atoms with E-state index in [1.807, 2.05) is 20.8 Å². The van der Waals surface area contributed by atoms with Crippen molar-refractivity contribution in [1.82, 2.24) is 14.7 Å². The first kappa shape index (κ1) is 15.9. The number of hydrogen-bond acceptors (Lipinski definition) is 5. The number of nitrogens with zero attached hydrogens (tertiary/aromatic N) is 3. The number of aliphatic hydroxyl groups excluding tert-OH is 2. The van der Waals surface area contributed by atoms with Gasteiger partial charge < -0.3 is 20.8 Å². The molecule has 19 heavy (non-hydrogen) atoms. The van der Waals surface area contributed by atoms with Crippen LogP contribution in [0.3, 0.4) is 0 Å². The summed E-state index contributed by atoms with van der Waals surface area (Å²) in [4.78, 5) is 2.12. The highest BCUT2D eigenvalue weighted by Crippen LogP contribution is 2.15. The van der Waals surface area contributed by atoms with E-state index in [1.165, 1.54) is 0 Å². The van der Waals surface area contributed by atoms with Gasteiger partial charge in [-0.2, -0.15) is 5.10 Å². The van der Waals surface area contributed by atoms with Crippen LogP contribution in [0.25, 0.3) is 0 Å². The number of aryl methyl sites for hydroxylation is 1. The lowest BCUT2D eigenvalue weighted by atomic mass is 10.3. The molecule has 0 saturated heterocycles. The molecule has 0 saturated carbocycles. The third-order valence-corrected chi connectivity index (χ3v) is 3.37. The lowest BCUT2D eigenvalue weighted by Crippen LogP contribution is -2.36. The summed E-state index contributed by atoms with van der Waals surface area (Å²) in [6.45, 7) is 8.68. The summed E-state index contributed by atoms with van der Waals surface area (Å²) in [5, 5.41) is 23.3. The Morgan fingerprint density at radius 2 is 2.11 bits per heavy atom. The molecule has 0 aromatic carbocycles. The third kappa shape index (κ3) is 4.49. The van der Waals surface area contributed by atoms with Gasteiger partial charge in [-0.1, -0.05) is 6.92 Å². The van der Waals surface area contributed by atoms with Crippen LogP contribution < -0.4 is 5.73 Å². The summed E-state index contributed by atoms with van der Waals surface area (Å²) in [6, 6.07) is 0. The number of rotatable bonds is 8. The second-order valence-corrected chi connectivity index (χ2v) is 4.89. The van der Waals surface area contributed by atoms with Gasteiger partial charge in [0.25, 0.3) is 0 Å². The van der Waals surface area contributed by atoms with Gasteiger partial charge >= 0.3 is 0 Å². The van der Waals surface area contributed by atoms with E-state index in [9.17, 15) is 5.11 Å². The average molecular weight is 270 g/mol. The molecule has 1 aromatic rings. The predicted octanol–water partition coefficient (Wildman–Crippen LogP) is 0.147. The number of likely N-dealkylation sites (N-methyl/N-ethyl adjacent to an activating group) is 1. The van der Waals surface area contributed by atoms with Gasteiger partial charge in [-0.15, -0.1) is 0 Å². The predicted molar refractivity (Wildman–Crippen MR) is 75.9 cm³/mol. The molecule has 0 aliphatic carbocycles. The van der Waals surface area contributed by atoms with Crippen LogP contribution in [0.5, 0.6) is 0 Å². The molecule has 1 unspecified atom stereocenters. The largest absolute Gasteiger partial charge is 0.396 e. The number of nitrogen functional groups attached to an aromatic ring is 1. The van der Waals surface area contributed by atoms with Crippen LogP contribution >= 0.6 is 0 Å². The van der Waals surface area contributed by atoms with Gasteiger partial charge in [-0.05, 0) is 26.8 Å². The van der Waals surface area contributed by atoms with E-state index >= 15 is 0 Å². The van der Waals surface area contributed by atoms with E-state index in [0.29, 0.717) is 18.8 Å². The van der Waals surface area contributed by atoms with Gasteiger partial charge in [0.15, 0.2) is 0 Å². The van der Waals surface area contributed by atoms with Crippen molar-refractivity contribution in [3.05, 3.63) is 11.4 Å². The van der Waals surface area contributed by atoms with Crippen LogP contribution in [-0.2, 0) is 6.54 Å². The Morgan fingerprint density at radius 1 is 1.42 bits per heavy atom. The van der Waals surface area contributed by atoms with Crippen molar-refractivity contribution in [2.75, 3.05) is 32.0 Å². The third-order valence-electron chi connectivity index (χ3n) is 3.37. The SMILES string of the molecule is CCN(CCCO)CC(O)Cn1nc(C)c(N)c1C. The normalized spacial score (nSPS) is 13.2. The molecule has 0 bridgehead atoms. The minimum Gasteiger partial charge on any atom is -0.396 e. The number of nitrogens with two attached hydrogens (primary N) is 1. The fourth-order valence-electron chi connectivity index (χ4n) is 2.12. The fraction of sp³-hybridized carbons (Fsp3) is 0.769. The van der Waals surface area contributed by atoms with E-state index in [2.05, 4.69) is 10.00 Å². The molecular formula is C13H26N4O2. The summed E-state index contributed by atoms with van der Waals surface area (Å²) >= 11 is 0. The van der Waals surface area contributed by atoms with Crippen LogP contribution in [0, 0.1) is 13.8 Å². The zero-order valence-corrected chi connectivity index (χ0v) is 12.1. The lowest BCUT2D eigenvalue weighted by molar-refractivity contribution is 0.0930. The number of anilines is 1. The monoisotopic (exact) mass is 270 g/mol. The molecule has 6 nitrogen and oxygen atoms in total. The molecule has 6 heteroatoms.